The van der Waals surface area contributed by atoms with Gasteiger partial charge in [-0.15, -0.1) is 0 Å². The molecular formula is C18H27N3O2+2. The van der Waals surface area contributed by atoms with E-state index in [2.05, 4.69) is 0 Å². The zero-order chi connectivity index (χ0) is 15.8. The van der Waals surface area contributed by atoms with Gasteiger partial charge in [-0.3, -0.25) is 10.1 Å². The molecule has 0 aromatic heterocycles. The lowest BCUT2D eigenvalue weighted by molar-refractivity contribution is -1.03. The van der Waals surface area contributed by atoms with E-state index in [1.165, 1.54) is 51.9 Å². The van der Waals surface area contributed by atoms with Crippen LogP contribution in [-0.2, 0) is 6.54 Å². The van der Waals surface area contributed by atoms with Crippen LogP contribution in [0.15, 0.2) is 24.3 Å². The first-order valence-corrected chi connectivity index (χ1v) is 9.10. The standard InChI is InChI=1S/C18H25N3O2/c22-21(23)17-3-1-2-15(11-17)13-19-6-8-20(9-7-19)18-12-14-4-5-16(18)10-14/h1-3,11,14,16,18H,4-10,12-13H2/p+2/t14-,16+,18-/m0/s1. The number of rotatable bonds is 4. The average molecular weight is 317 g/mol. The lowest BCUT2D eigenvalue weighted by atomic mass is 9.93. The summed E-state index contributed by atoms with van der Waals surface area (Å²) >= 11 is 0. The van der Waals surface area contributed by atoms with Crippen LogP contribution >= 0.6 is 0 Å². The Morgan fingerprint density at radius 2 is 1.96 bits per heavy atom. The highest BCUT2D eigenvalue weighted by Gasteiger charge is 2.46. The highest BCUT2D eigenvalue weighted by atomic mass is 16.6. The monoisotopic (exact) mass is 317 g/mol. The van der Waals surface area contributed by atoms with Crippen LogP contribution < -0.4 is 9.80 Å². The molecule has 2 saturated carbocycles. The van der Waals surface area contributed by atoms with E-state index in [0.717, 1.165) is 30.0 Å². The lowest BCUT2D eigenvalue weighted by Crippen LogP contribution is -3.29. The Labute approximate surface area is 137 Å². The second-order valence-corrected chi connectivity index (χ2v) is 7.79. The molecule has 0 amide bonds. The normalized spacial score (nSPS) is 36.3. The third kappa shape index (κ3) is 3.12. The molecule has 0 radical (unpaired) electrons. The summed E-state index contributed by atoms with van der Waals surface area (Å²) in [6, 6.07) is 8.09. The van der Waals surface area contributed by atoms with Gasteiger partial charge in [-0.05, 0) is 25.2 Å². The molecule has 1 aromatic carbocycles. The largest absolute Gasteiger partial charge is 0.323 e. The maximum atomic E-state index is 10.9. The van der Waals surface area contributed by atoms with E-state index in [4.69, 9.17) is 0 Å². The summed E-state index contributed by atoms with van der Waals surface area (Å²) in [5.74, 6) is 2.04. The van der Waals surface area contributed by atoms with E-state index >= 15 is 0 Å². The summed E-state index contributed by atoms with van der Waals surface area (Å²) < 4.78 is 0. The molecule has 3 atom stereocenters. The van der Waals surface area contributed by atoms with Gasteiger partial charge in [-0.25, -0.2) is 0 Å². The van der Waals surface area contributed by atoms with Crippen molar-refractivity contribution in [3.8, 4) is 0 Å². The molecular weight excluding hydrogens is 290 g/mol. The van der Waals surface area contributed by atoms with Gasteiger partial charge >= 0.3 is 0 Å². The van der Waals surface area contributed by atoms with Crippen LogP contribution in [0.1, 0.15) is 31.2 Å². The topological polar surface area (TPSA) is 52.0 Å². The Hall–Kier alpha value is -1.46. The van der Waals surface area contributed by atoms with Crippen molar-refractivity contribution in [2.45, 2.75) is 38.3 Å². The molecule has 5 heteroatoms. The summed E-state index contributed by atoms with van der Waals surface area (Å²) in [6.45, 7) is 5.87. The van der Waals surface area contributed by atoms with Gasteiger partial charge in [0.15, 0.2) is 0 Å². The molecule has 2 bridgehead atoms. The average Bonchev–Trinajstić information content (AvgIpc) is 3.19. The van der Waals surface area contributed by atoms with Crippen LogP contribution in [0.4, 0.5) is 5.69 Å². The molecule has 23 heavy (non-hydrogen) atoms. The van der Waals surface area contributed by atoms with Gasteiger partial charge in [-0.1, -0.05) is 12.1 Å². The van der Waals surface area contributed by atoms with Crippen molar-refractivity contribution in [2.75, 3.05) is 26.2 Å². The fraction of sp³-hybridized carbons (Fsp3) is 0.667. The van der Waals surface area contributed by atoms with Crippen LogP contribution in [0.3, 0.4) is 0 Å². The first kappa shape index (κ1) is 15.1. The molecule has 2 N–H and O–H groups in total. The maximum Gasteiger partial charge on any atom is 0.269 e. The third-order valence-electron chi connectivity index (χ3n) is 6.44. The quantitative estimate of drug-likeness (QED) is 0.610. The Morgan fingerprint density at radius 3 is 2.61 bits per heavy atom. The number of nitro groups is 1. The summed E-state index contributed by atoms with van der Waals surface area (Å²) in [7, 11) is 0. The summed E-state index contributed by atoms with van der Waals surface area (Å²) in [6.07, 6.45) is 5.93. The number of quaternary nitrogens is 2. The van der Waals surface area contributed by atoms with Gasteiger partial charge in [0, 0.05) is 30.0 Å². The SMILES string of the molecule is O=[N+]([O-])c1cccc(C[NH+]2CC[NH+]([C@H]3C[C@H]4CC[C@@H]3C4)CC2)c1. The molecule has 3 aliphatic rings. The minimum atomic E-state index is -0.296. The van der Waals surface area contributed by atoms with Crippen molar-refractivity contribution >= 4 is 5.69 Å². The zero-order valence-corrected chi connectivity index (χ0v) is 13.7. The minimum absolute atomic E-state index is 0.216. The Balaban J connectivity index is 1.31. The zero-order valence-electron chi connectivity index (χ0n) is 13.7. The number of piperazine rings is 1. The third-order valence-corrected chi connectivity index (χ3v) is 6.44. The van der Waals surface area contributed by atoms with Crippen LogP contribution in [-0.4, -0.2) is 37.1 Å². The Morgan fingerprint density at radius 1 is 1.13 bits per heavy atom. The second-order valence-electron chi connectivity index (χ2n) is 7.79. The smallest absolute Gasteiger partial charge is 0.269 e. The minimum Gasteiger partial charge on any atom is -0.323 e. The lowest BCUT2D eigenvalue weighted by Gasteiger charge is -2.36. The Kier molecular flexibility index (Phi) is 4.07. The van der Waals surface area contributed by atoms with Crippen molar-refractivity contribution < 1.29 is 14.7 Å². The molecule has 0 spiro atoms. The van der Waals surface area contributed by atoms with E-state index in [0.29, 0.717) is 0 Å². The van der Waals surface area contributed by atoms with Crippen molar-refractivity contribution in [1.82, 2.24) is 0 Å². The van der Waals surface area contributed by atoms with E-state index < -0.39 is 0 Å². The number of hydrogen-bond acceptors (Lipinski definition) is 2. The van der Waals surface area contributed by atoms with E-state index in [-0.39, 0.29) is 10.6 Å². The number of nitrogens with zero attached hydrogens (tertiary/aromatic N) is 1. The molecule has 4 rings (SSSR count). The number of benzene rings is 1. The van der Waals surface area contributed by atoms with Crippen LogP contribution in [0, 0.1) is 22.0 Å². The van der Waals surface area contributed by atoms with Crippen molar-refractivity contribution in [3.63, 3.8) is 0 Å². The Bertz CT molecular complexity index is 583. The maximum absolute atomic E-state index is 10.9. The number of nitrogens with one attached hydrogen (secondary N) is 2. The molecule has 1 aliphatic heterocycles. The van der Waals surface area contributed by atoms with E-state index in [9.17, 15) is 10.1 Å². The number of nitro benzene ring substituents is 1. The fourth-order valence-electron chi connectivity index (χ4n) is 5.29. The van der Waals surface area contributed by atoms with Gasteiger partial charge in [0.1, 0.15) is 32.7 Å². The summed E-state index contributed by atoms with van der Waals surface area (Å²) in [5.41, 5.74) is 1.31. The van der Waals surface area contributed by atoms with Gasteiger partial charge in [0.2, 0.25) is 0 Å². The van der Waals surface area contributed by atoms with Crippen LogP contribution in [0.5, 0.6) is 0 Å². The summed E-state index contributed by atoms with van der Waals surface area (Å²) in [5, 5.41) is 10.9. The van der Waals surface area contributed by atoms with Crippen molar-refractivity contribution in [3.05, 3.63) is 39.9 Å². The number of fused-ring (bicyclic) bond motifs is 2. The van der Waals surface area contributed by atoms with Gasteiger partial charge in [-0.2, -0.15) is 0 Å². The second kappa shape index (κ2) is 6.21. The molecule has 124 valence electrons. The molecule has 1 heterocycles. The van der Waals surface area contributed by atoms with Gasteiger partial charge in [0.05, 0.1) is 11.0 Å². The first-order valence-electron chi connectivity index (χ1n) is 9.10. The highest BCUT2D eigenvalue weighted by Crippen LogP contribution is 2.43. The molecule has 5 nitrogen and oxygen atoms in total. The molecule has 3 fully saturated rings. The fourth-order valence-corrected chi connectivity index (χ4v) is 5.29. The van der Waals surface area contributed by atoms with Crippen LogP contribution in [0.25, 0.3) is 0 Å². The van der Waals surface area contributed by atoms with Crippen LogP contribution in [0.2, 0.25) is 0 Å². The predicted molar refractivity (Wildman–Crippen MR) is 87.4 cm³/mol. The molecule has 2 aliphatic carbocycles. The summed E-state index contributed by atoms with van der Waals surface area (Å²) in [4.78, 5) is 14.0. The molecule has 0 unspecified atom stereocenters. The van der Waals surface area contributed by atoms with Gasteiger partial charge < -0.3 is 9.80 Å². The predicted octanol–water partition coefficient (Wildman–Crippen LogP) is 0.0668. The number of non-ortho nitro benzene ring substituents is 1. The highest BCUT2D eigenvalue weighted by molar-refractivity contribution is 5.33. The van der Waals surface area contributed by atoms with Crippen molar-refractivity contribution in [1.29, 1.82) is 0 Å². The first-order chi connectivity index (χ1) is 11.2. The molecule has 1 aromatic rings. The molecule has 1 saturated heterocycles. The van der Waals surface area contributed by atoms with E-state index in [1.54, 1.807) is 17.0 Å². The van der Waals surface area contributed by atoms with E-state index in [1.807, 2.05) is 17.0 Å². The number of hydrogen-bond donors (Lipinski definition) is 2. The van der Waals surface area contributed by atoms with Gasteiger partial charge in [0.25, 0.3) is 5.69 Å². The van der Waals surface area contributed by atoms with Crippen molar-refractivity contribution in [2.24, 2.45) is 11.8 Å².